The van der Waals surface area contributed by atoms with E-state index in [1.165, 1.54) is 25.7 Å². The zero-order valence-electron chi connectivity index (χ0n) is 10.6. The fourth-order valence-electron chi connectivity index (χ4n) is 4.06. The Morgan fingerprint density at radius 1 is 1.33 bits per heavy atom. The second kappa shape index (κ2) is 4.93. The van der Waals surface area contributed by atoms with Gasteiger partial charge < -0.3 is 5.32 Å². The van der Waals surface area contributed by atoms with Crippen molar-refractivity contribution in [1.29, 1.82) is 0 Å². The summed E-state index contributed by atoms with van der Waals surface area (Å²) in [6, 6.07) is 5.79. The van der Waals surface area contributed by atoms with E-state index < -0.39 is 0 Å². The molecule has 1 nitrogen and oxygen atoms in total. The summed E-state index contributed by atoms with van der Waals surface area (Å²) in [5.41, 5.74) is 0.824. The van der Waals surface area contributed by atoms with Gasteiger partial charge in [-0.25, -0.2) is 4.39 Å². The molecule has 1 aromatic carbocycles. The molecule has 2 aliphatic carbocycles. The lowest BCUT2D eigenvalue weighted by Gasteiger charge is -2.31. The number of rotatable bonds is 3. The summed E-state index contributed by atoms with van der Waals surface area (Å²) in [6.07, 6.45) is 5.35. The minimum absolute atomic E-state index is 0.0976. The fourth-order valence-corrected chi connectivity index (χ4v) is 4.44. The average Bonchev–Trinajstić information content (AvgIpc) is 2.98. The quantitative estimate of drug-likeness (QED) is 0.878. The Morgan fingerprint density at radius 2 is 2.17 bits per heavy atom. The lowest BCUT2D eigenvalue weighted by Crippen LogP contribution is -2.29. The van der Waals surface area contributed by atoms with Gasteiger partial charge in [0.15, 0.2) is 0 Å². The van der Waals surface area contributed by atoms with Crippen molar-refractivity contribution in [2.45, 2.75) is 31.7 Å². The van der Waals surface area contributed by atoms with Gasteiger partial charge in [-0.2, -0.15) is 0 Å². The van der Waals surface area contributed by atoms with Gasteiger partial charge in [-0.1, -0.05) is 18.6 Å². The molecule has 2 saturated carbocycles. The predicted octanol–water partition coefficient (Wildman–Crippen LogP) is 4.28. The first kappa shape index (κ1) is 12.6. The van der Waals surface area contributed by atoms with Crippen LogP contribution in [0.25, 0.3) is 0 Å². The monoisotopic (exact) mass is 311 g/mol. The Morgan fingerprint density at radius 3 is 2.78 bits per heavy atom. The van der Waals surface area contributed by atoms with Crippen LogP contribution >= 0.6 is 15.9 Å². The maximum absolute atomic E-state index is 14.2. The van der Waals surface area contributed by atoms with E-state index in [1.807, 2.05) is 19.2 Å². The SMILES string of the molecule is CNC(c1cccc(Br)c1F)C1CC2CCC1C2. The second-order valence-corrected chi connectivity index (χ2v) is 6.60. The molecule has 0 amide bonds. The Kier molecular flexibility index (Phi) is 3.46. The van der Waals surface area contributed by atoms with Gasteiger partial charge in [-0.3, -0.25) is 0 Å². The molecule has 98 valence electrons. The Labute approximate surface area is 116 Å². The highest BCUT2D eigenvalue weighted by molar-refractivity contribution is 9.10. The van der Waals surface area contributed by atoms with Crippen molar-refractivity contribution in [3.63, 3.8) is 0 Å². The molecule has 4 unspecified atom stereocenters. The normalized spacial score (nSPS) is 31.8. The van der Waals surface area contributed by atoms with E-state index in [9.17, 15) is 4.39 Å². The van der Waals surface area contributed by atoms with Crippen LogP contribution in [0, 0.1) is 23.6 Å². The molecule has 0 aromatic heterocycles. The molecule has 4 atom stereocenters. The van der Waals surface area contributed by atoms with Crippen molar-refractivity contribution >= 4 is 15.9 Å². The first-order valence-electron chi connectivity index (χ1n) is 6.82. The van der Waals surface area contributed by atoms with Crippen LogP contribution in [0.4, 0.5) is 4.39 Å². The van der Waals surface area contributed by atoms with E-state index in [1.54, 1.807) is 6.07 Å². The molecule has 0 spiro atoms. The highest BCUT2D eigenvalue weighted by Gasteiger charge is 2.43. The molecule has 0 heterocycles. The Hall–Kier alpha value is -0.410. The lowest BCUT2D eigenvalue weighted by atomic mass is 9.80. The van der Waals surface area contributed by atoms with Gasteiger partial charge >= 0.3 is 0 Å². The van der Waals surface area contributed by atoms with Crippen molar-refractivity contribution < 1.29 is 4.39 Å². The summed E-state index contributed by atoms with van der Waals surface area (Å²) in [4.78, 5) is 0. The molecule has 0 saturated heterocycles. The van der Waals surface area contributed by atoms with Crippen molar-refractivity contribution in [2.24, 2.45) is 17.8 Å². The molecule has 3 rings (SSSR count). The summed E-state index contributed by atoms with van der Waals surface area (Å²) in [6.45, 7) is 0. The number of benzene rings is 1. The van der Waals surface area contributed by atoms with E-state index in [0.717, 1.165) is 17.4 Å². The van der Waals surface area contributed by atoms with Gasteiger partial charge in [0.1, 0.15) is 5.82 Å². The molecule has 2 bridgehead atoms. The molecule has 2 aliphatic rings. The fraction of sp³-hybridized carbons (Fsp3) is 0.600. The van der Waals surface area contributed by atoms with E-state index in [0.29, 0.717) is 10.4 Å². The molecule has 0 aliphatic heterocycles. The minimum Gasteiger partial charge on any atom is -0.313 e. The third-order valence-electron chi connectivity index (χ3n) is 4.85. The number of hydrogen-bond donors (Lipinski definition) is 1. The molecule has 0 radical (unpaired) electrons. The zero-order chi connectivity index (χ0) is 12.7. The van der Waals surface area contributed by atoms with Crippen LogP contribution in [0.5, 0.6) is 0 Å². The Balaban J connectivity index is 1.90. The topological polar surface area (TPSA) is 12.0 Å². The second-order valence-electron chi connectivity index (χ2n) is 5.75. The summed E-state index contributed by atoms with van der Waals surface area (Å²) >= 11 is 3.29. The first-order chi connectivity index (χ1) is 8.70. The summed E-state index contributed by atoms with van der Waals surface area (Å²) in [5, 5.41) is 3.35. The molecular weight excluding hydrogens is 293 g/mol. The number of halogens is 2. The van der Waals surface area contributed by atoms with Crippen LogP contribution in [-0.2, 0) is 0 Å². The van der Waals surface area contributed by atoms with E-state index in [4.69, 9.17) is 0 Å². The molecule has 2 fully saturated rings. The maximum Gasteiger partial charge on any atom is 0.142 e. The summed E-state index contributed by atoms with van der Waals surface area (Å²) < 4.78 is 14.8. The lowest BCUT2D eigenvalue weighted by molar-refractivity contribution is 0.255. The molecule has 3 heteroatoms. The molecule has 18 heavy (non-hydrogen) atoms. The smallest absolute Gasteiger partial charge is 0.142 e. The molecular formula is C15H19BrFN. The van der Waals surface area contributed by atoms with Crippen molar-refractivity contribution in [3.8, 4) is 0 Å². The number of fused-ring (bicyclic) bond motifs is 2. The van der Waals surface area contributed by atoms with Gasteiger partial charge in [0.05, 0.1) is 4.47 Å². The highest BCUT2D eigenvalue weighted by Crippen LogP contribution is 2.52. The minimum atomic E-state index is -0.0976. The Bertz CT molecular complexity index is 448. The van der Waals surface area contributed by atoms with Gasteiger partial charge in [0.25, 0.3) is 0 Å². The average molecular weight is 312 g/mol. The maximum atomic E-state index is 14.2. The number of nitrogens with one attached hydrogen (secondary N) is 1. The third kappa shape index (κ3) is 2.01. The van der Waals surface area contributed by atoms with Gasteiger partial charge in [-0.15, -0.1) is 0 Å². The largest absolute Gasteiger partial charge is 0.313 e. The van der Waals surface area contributed by atoms with Gasteiger partial charge in [0, 0.05) is 11.6 Å². The predicted molar refractivity (Wildman–Crippen MR) is 74.8 cm³/mol. The third-order valence-corrected chi connectivity index (χ3v) is 5.46. The summed E-state index contributed by atoms with van der Waals surface area (Å²) in [7, 11) is 1.96. The van der Waals surface area contributed by atoms with E-state index >= 15 is 0 Å². The van der Waals surface area contributed by atoms with Crippen molar-refractivity contribution in [2.75, 3.05) is 7.05 Å². The van der Waals surface area contributed by atoms with Crippen LogP contribution < -0.4 is 5.32 Å². The van der Waals surface area contributed by atoms with Gasteiger partial charge in [0.2, 0.25) is 0 Å². The van der Waals surface area contributed by atoms with Crippen LogP contribution in [0.15, 0.2) is 22.7 Å². The van der Waals surface area contributed by atoms with Crippen LogP contribution in [0.3, 0.4) is 0 Å². The van der Waals surface area contributed by atoms with Crippen LogP contribution in [0.2, 0.25) is 0 Å². The highest BCUT2D eigenvalue weighted by atomic mass is 79.9. The van der Waals surface area contributed by atoms with Crippen LogP contribution in [-0.4, -0.2) is 7.05 Å². The summed E-state index contributed by atoms with van der Waals surface area (Å²) in [5.74, 6) is 2.20. The number of hydrogen-bond acceptors (Lipinski definition) is 1. The van der Waals surface area contributed by atoms with Crippen molar-refractivity contribution in [1.82, 2.24) is 5.32 Å². The first-order valence-corrected chi connectivity index (χ1v) is 7.61. The van der Waals surface area contributed by atoms with Gasteiger partial charge in [-0.05, 0) is 66.1 Å². The standard InChI is InChI=1S/C15H19BrFN/c1-18-15(11-3-2-4-13(16)14(11)17)12-8-9-5-6-10(12)7-9/h2-4,9-10,12,15,18H,5-8H2,1H3. The van der Waals surface area contributed by atoms with E-state index in [-0.39, 0.29) is 11.9 Å². The van der Waals surface area contributed by atoms with Crippen LogP contribution in [0.1, 0.15) is 37.3 Å². The zero-order valence-corrected chi connectivity index (χ0v) is 12.2. The van der Waals surface area contributed by atoms with Crippen molar-refractivity contribution in [3.05, 3.63) is 34.1 Å². The van der Waals surface area contributed by atoms with E-state index in [2.05, 4.69) is 21.2 Å². The molecule has 1 N–H and O–H groups in total. The molecule has 1 aromatic rings.